The Hall–Kier alpha value is -2.28. The van der Waals surface area contributed by atoms with Gasteiger partial charge in [-0.2, -0.15) is 0 Å². The number of hydrogen-bond donors (Lipinski definition) is 1. The molecule has 1 aliphatic rings. The predicted octanol–water partition coefficient (Wildman–Crippen LogP) is 3.20. The summed E-state index contributed by atoms with van der Waals surface area (Å²) < 4.78 is 5.69. The van der Waals surface area contributed by atoms with Crippen LogP contribution in [-0.2, 0) is 10.5 Å². The van der Waals surface area contributed by atoms with E-state index in [2.05, 4.69) is 4.98 Å². The van der Waals surface area contributed by atoms with Gasteiger partial charge in [-0.05, 0) is 44.0 Å². The first-order valence-corrected chi connectivity index (χ1v) is 9.35. The molecule has 1 N–H and O–H groups in total. The molecule has 0 aliphatic carbocycles. The Balaban J connectivity index is 1.60. The summed E-state index contributed by atoms with van der Waals surface area (Å²) in [6.07, 6.45) is 2.20. The number of aromatic nitrogens is 1. The zero-order valence-electron chi connectivity index (χ0n) is 14.0. The lowest BCUT2D eigenvalue weighted by Gasteiger charge is -2.14. The smallest absolute Gasteiger partial charge is 0.335 e. The van der Waals surface area contributed by atoms with E-state index in [1.54, 1.807) is 12.1 Å². The molecule has 2 heterocycles. The Morgan fingerprint density at radius 2 is 1.92 bits per heavy atom. The van der Waals surface area contributed by atoms with Gasteiger partial charge in [-0.25, -0.2) is 9.78 Å². The van der Waals surface area contributed by atoms with Crippen LogP contribution in [0.4, 0.5) is 0 Å². The SMILES string of the molecule is Cc1oc(-c2ccc(C(=O)O)cc2)nc1CSCC(=O)N1CCCC1. The maximum Gasteiger partial charge on any atom is 0.335 e. The van der Waals surface area contributed by atoms with Gasteiger partial charge in [0.15, 0.2) is 0 Å². The van der Waals surface area contributed by atoms with Crippen LogP contribution < -0.4 is 0 Å². The standard InChI is InChI=1S/C18H20N2O4S/c1-12-15(10-25-11-16(21)20-8-2-3-9-20)19-17(24-12)13-4-6-14(7-5-13)18(22)23/h4-7H,2-3,8-11H2,1H3,(H,22,23). The minimum absolute atomic E-state index is 0.188. The van der Waals surface area contributed by atoms with E-state index in [4.69, 9.17) is 9.52 Å². The molecule has 0 bridgehead atoms. The molecular weight excluding hydrogens is 340 g/mol. The molecule has 0 spiro atoms. The number of oxazole rings is 1. The van der Waals surface area contributed by atoms with Gasteiger partial charge in [0.05, 0.1) is 17.0 Å². The van der Waals surface area contributed by atoms with Gasteiger partial charge >= 0.3 is 5.97 Å². The molecule has 1 amide bonds. The quantitative estimate of drug-likeness (QED) is 0.852. The molecule has 1 aliphatic heterocycles. The van der Waals surface area contributed by atoms with Crippen LogP contribution in [0.25, 0.3) is 11.5 Å². The lowest BCUT2D eigenvalue weighted by molar-refractivity contribution is -0.127. The first-order valence-electron chi connectivity index (χ1n) is 8.20. The first kappa shape index (κ1) is 17.5. The highest BCUT2D eigenvalue weighted by atomic mass is 32.2. The second-order valence-electron chi connectivity index (χ2n) is 5.99. The third-order valence-electron chi connectivity index (χ3n) is 4.19. The molecule has 0 saturated carbocycles. The lowest BCUT2D eigenvalue weighted by Crippen LogP contribution is -2.29. The zero-order valence-corrected chi connectivity index (χ0v) is 14.8. The van der Waals surface area contributed by atoms with Crippen LogP contribution in [0.15, 0.2) is 28.7 Å². The van der Waals surface area contributed by atoms with E-state index < -0.39 is 5.97 Å². The molecular formula is C18H20N2O4S. The van der Waals surface area contributed by atoms with Crippen molar-refractivity contribution in [1.82, 2.24) is 9.88 Å². The Labute approximate surface area is 150 Å². The van der Waals surface area contributed by atoms with Crippen LogP contribution in [0, 0.1) is 6.92 Å². The van der Waals surface area contributed by atoms with Gasteiger partial charge in [0.2, 0.25) is 11.8 Å². The summed E-state index contributed by atoms with van der Waals surface area (Å²) in [5.41, 5.74) is 1.78. The van der Waals surface area contributed by atoms with Gasteiger partial charge in [0.25, 0.3) is 0 Å². The number of aromatic carboxylic acids is 1. The minimum atomic E-state index is -0.963. The summed E-state index contributed by atoms with van der Waals surface area (Å²) in [7, 11) is 0. The lowest BCUT2D eigenvalue weighted by atomic mass is 10.1. The second-order valence-corrected chi connectivity index (χ2v) is 6.97. The van der Waals surface area contributed by atoms with E-state index in [1.807, 2.05) is 11.8 Å². The van der Waals surface area contributed by atoms with Crippen molar-refractivity contribution in [2.45, 2.75) is 25.5 Å². The number of carboxylic acids is 1. The molecule has 2 aromatic rings. The number of amides is 1. The third kappa shape index (κ3) is 4.22. The van der Waals surface area contributed by atoms with Crippen molar-refractivity contribution in [2.24, 2.45) is 0 Å². The number of benzene rings is 1. The molecule has 6 nitrogen and oxygen atoms in total. The number of hydrogen-bond acceptors (Lipinski definition) is 5. The monoisotopic (exact) mass is 360 g/mol. The predicted molar refractivity (Wildman–Crippen MR) is 95.6 cm³/mol. The van der Waals surface area contributed by atoms with Gasteiger partial charge in [0.1, 0.15) is 5.76 Å². The molecule has 1 saturated heterocycles. The molecule has 1 fully saturated rings. The molecule has 25 heavy (non-hydrogen) atoms. The summed E-state index contributed by atoms with van der Waals surface area (Å²) >= 11 is 1.54. The first-order chi connectivity index (χ1) is 12.0. The fourth-order valence-corrected chi connectivity index (χ4v) is 3.65. The maximum absolute atomic E-state index is 12.0. The summed E-state index contributed by atoms with van der Waals surface area (Å²) in [5, 5.41) is 8.94. The highest BCUT2D eigenvalue weighted by molar-refractivity contribution is 7.99. The Morgan fingerprint density at radius 3 is 2.56 bits per heavy atom. The van der Waals surface area contributed by atoms with Gasteiger partial charge < -0.3 is 14.4 Å². The number of likely N-dealkylation sites (tertiary alicyclic amines) is 1. The molecule has 0 radical (unpaired) electrons. The number of carbonyl (C=O) groups excluding carboxylic acids is 1. The van der Waals surface area contributed by atoms with Crippen LogP contribution in [0.5, 0.6) is 0 Å². The third-order valence-corrected chi connectivity index (χ3v) is 5.12. The molecule has 3 rings (SSSR count). The number of carboxylic acid groups (broad SMARTS) is 1. The minimum Gasteiger partial charge on any atom is -0.478 e. The average molecular weight is 360 g/mol. The Morgan fingerprint density at radius 1 is 1.24 bits per heavy atom. The molecule has 1 aromatic heterocycles. The van der Waals surface area contributed by atoms with Crippen molar-refractivity contribution >= 4 is 23.6 Å². The van der Waals surface area contributed by atoms with Crippen LogP contribution in [-0.4, -0.2) is 45.7 Å². The highest BCUT2D eigenvalue weighted by Gasteiger charge is 2.18. The topological polar surface area (TPSA) is 83.6 Å². The molecule has 0 unspecified atom stereocenters. The van der Waals surface area contributed by atoms with E-state index in [-0.39, 0.29) is 11.5 Å². The van der Waals surface area contributed by atoms with Crippen molar-refractivity contribution in [3.05, 3.63) is 41.3 Å². The number of rotatable bonds is 6. The van der Waals surface area contributed by atoms with Crippen LogP contribution in [0.1, 0.15) is 34.7 Å². The van der Waals surface area contributed by atoms with Gasteiger partial charge in [-0.15, -0.1) is 11.8 Å². The molecule has 1 aromatic carbocycles. The van der Waals surface area contributed by atoms with Crippen molar-refractivity contribution in [3.63, 3.8) is 0 Å². The zero-order chi connectivity index (χ0) is 17.8. The highest BCUT2D eigenvalue weighted by Crippen LogP contribution is 2.25. The van der Waals surface area contributed by atoms with Crippen molar-refractivity contribution in [1.29, 1.82) is 0 Å². The summed E-state index contributed by atoms with van der Waals surface area (Å²) in [6, 6.07) is 6.42. The van der Waals surface area contributed by atoms with Gasteiger partial charge in [-0.3, -0.25) is 4.79 Å². The number of aryl methyl sites for hydroxylation is 1. The van der Waals surface area contributed by atoms with E-state index in [0.29, 0.717) is 17.4 Å². The van der Waals surface area contributed by atoms with E-state index in [0.717, 1.165) is 42.9 Å². The van der Waals surface area contributed by atoms with E-state index >= 15 is 0 Å². The van der Waals surface area contributed by atoms with Crippen LogP contribution in [0.2, 0.25) is 0 Å². The number of nitrogens with zero attached hydrogens (tertiary/aromatic N) is 2. The Bertz CT molecular complexity index is 764. The van der Waals surface area contributed by atoms with Crippen molar-refractivity contribution < 1.29 is 19.1 Å². The Kier molecular flexibility index (Phi) is 5.43. The fourth-order valence-electron chi connectivity index (χ4n) is 2.73. The second kappa shape index (κ2) is 7.74. The van der Waals surface area contributed by atoms with Gasteiger partial charge in [-0.1, -0.05) is 0 Å². The molecule has 132 valence electrons. The largest absolute Gasteiger partial charge is 0.478 e. The van der Waals surface area contributed by atoms with Gasteiger partial charge in [0, 0.05) is 24.4 Å². The fraction of sp³-hybridized carbons (Fsp3) is 0.389. The summed E-state index contributed by atoms with van der Waals surface area (Å²) in [5.74, 6) is 1.48. The van der Waals surface area contributed by atoms with Crippen LogP contribution in [0.3, 0.4) is 0 Å². The van der Waals surface area contributed by atoms with Crippen molar-refractivity contribution in [2.75, 3.05) is 18.8 Å². The van der Waals surface area contributed by atoms with Crippen molar-refractivity contribution in [3.8, 4) is 11.5 Å². The average Bonchev–Trinajstić information content (AvgIpc) is 3.25. The number of thioether (sulfide) groups is 1. The number of carbonyl (C=O) groups is 2. The van der Waals surface area contributed by atoms with E-state index in [9.17, 15) is 9.59 Å². The summed E-state index contributed by atoms with van der Waals surface area (Å²) in [4.78, 5) is 29.4. The summed E-state index contributed by atoms with van der Waals surface area (Å²) in [6.45, 7) is 3.60. The molecule has 0 atom stereocenters. The molecule has 7 heteroatoms. The normalized spacial score (nSPS) is 14.0. The maximum atomic E-state index is 12.0. The van der Waals surface area contributed by atoms with Crippen LogP contribution >= 0.6 is 11.8 Å². The van der Waals surface area contributed by atoms with E-state index in [1.165, 1.54) is 23.9 Å².